The summed E-state index contributed by atoms with van der Waals surface area (Å²) in [7, 11) is 0. The molecule has 0 bridgehead atoms. The van der Waals surface area contributed by atoms with Gasteiger partial charge in [0.15, 0.2) is 0 Å². The normalized spacial score (nSPS) is 22.3. The summed E-state index contributed by atoms with van der Waals surface area (Å²) in [5, 5.41) is 9.39. The number of rotatable bonds is 2. The summed E-state index contributed by atoms with van der Waals surface area (Å²) in [5.41, 5.74) is 2.84. The minimum absolute atomic E-state index is 0.112. The summed E-state index contributed by atoms with van der Waals surface area (Å²) in [5.74, 6) is 0.633. The smallest absolute Gasteiger partial charge is 0.0690 e. The van der Waals surface area contributed by atoms with E-state index in [1.165, 1.54) is 11.3 Å². The van der Waals surface area contributed by atoms with Crippen molar-refractivity contribution in [1.29, 1.82) is 5.26 Å². The second kappa shape index (κ2) is 5.25. The van der Waals surface area contributed by atoms with E-state index in [0.29, 0.717) is 5.92 Å². The SMILES string of the molecule is CC(C)c1ccccc1N1CCC(C)(C)C(C#N)C1. The van der Waals surface area contributed by atoms with Gasteiger partial charge in [0, 0.05) is 18.8 Å². The number of benzene rings is 1. The molecule has 0 amide bonds. The van der Waals surface area contributed by atoms with Gasteiger partial charge in [0.1, 0.15) is 0 Å². The van der Waals surface area contributed by atoms with Crippen LogP contribution in [0.2, 0.25) is 0 Å². The molecule has 2 nitrogen and oxygen atoms in total. The van der Waals surface area contributed by atoms with Crippen LogP contribution < -0.4 is 4.90 Å². The lowest BCUT2D eigenvalue weighted by atomic mass is 9.74. The van der Waals surface area contributed by atoms with Crippen molar-refractivity contribution in [2.75, 3.05) is 18.0 Å². The van der Waals surface area contributed by atoms with Crippen molar-refractivity contribution in [3.63, 3.8) is 0 Å². The minimum Gasteiger partial charge on any atom is -0.370 e. The van der Waals surface area contributed by atoms with Gasteiger partial charge >= 0.3 is 0 Å². The third-order valence-electron chi connectivity index (χ3n) is 4.43. The lowest BCUT2D eigenvalue weighted by molar-refractivity contribution is 0.217. The Labute approximate surface area is 117 Å². The van der Waals surface area contributed by atoms with Gasteiger partial charge in [0.05, 0.1) is 12.0 Å². The Morgan fingerprint density at radius 3 is 2.63 bits per heavy atom. The number of piperidine rings is 1. The average molecular weight is 256 g/mol. The minimum atomic E-state index is 0.112. The molecule has 0 aliphatic carbocycles. The van der Waals surface area contributed by atoms with Crippen molar-refractivity contribution in [2.45, 2.75) is 40.0 Å². The highest BCUT2D eigenvalue weighted by Crippen LogP contribution is 2.38. The van der Waals surface area contributed by atoms with Gasteiger partial charge in [0.2, 0.25) is 0 Å². The topological polar surface area (TPSA) is 27.0 Å². The molecule has 1 unspecified atom stereocenters. The van der Waals surface area contributed by atoms with Gasteiger partial charge in [-0.05, 0) is 29.4 Å². The fourth-order valence-corrected chi connectivity index (χ4v) is 2.85. The Kier molecular flexibility index (Phi) is 3.85. The van der Waals surface area contributed by atoms with E-state index in [9.17, 15) is 5.26 Å². The monoisotopic (exact) mass is 256 g/mol. The molecule has 0 spiro atoms. The fourth-order valence-electron chi connectivity index (χ4n) is 2.85. The number of nitriles is 1. The van der Waals surface area contributed by atoms with Gasteiger partial charge in [-0.2, -0.15) is 5.26 Å². The summed E-state index contributed by atoms with van der Waals surface area (Å²) >= 11 is 0. The first-order chi connectivity index (χ1) is 8.95. The van der Waals surface area contributed by atoms with Gasteiger partial charge in [-0.25, -0.2) is 0 Å². The lowest BCUT2D eigenvalue weighted by Gasteiger charge is -2.42. The van der Waals surface area contributed by atoms with E-state index in [4.69, 9.17) is 0 Å². The van der Waals surface area contributed by atoms with E-state index in [1.54, 1.807) is 0 Å². The first-order valence-corrected chi connectivity index (χ1v) is 7.19. The first-order valence-electron chi connectivity index (χ1n) is 7.19. The highest BCUT2D eigenvalue weighted by molar-refractivity contribution is 5.55. The molecule has 2 rings (SSSR count). The maximum absolute atomic E-state index is 9.39. The van der Waals surface area contributed by atoms with Crippen LogP contribution in [0.5, 0.6) is 0 Å². The Balaban J connectivity index is 2.28. The van der Waals surface area contributed by atoms with E-state index < -0.39 is 0 Å². The molecule has 1 fully saturated rings. The molecule has 1 atom stereocenters. The van der Waals surface area contributed by atoms with Gasteiger partial charge in [-0.3, -0.25) is 0 Å². The zero-order chi connectivity index (χ0) is 14.0. The summed E-state index contributed by atoms with van der Waals surface area (Å²) < 4.78 is 0. The molecule has 19 heavy (non-hydrogen) atoms. The standard InChI is InChI=1S/C17H24N2/c1-13(2)15-7-5-6-8-16(15)19-10-9-17(3,4)14(11-18)12-19/h5-8,13-14H,9-10,12H2,1-4H3. The molecule has 102 valence electrons. The van der Waals surface area contributed by atoms with Crippen LogP contribution in [0.15, 0.2) is 24.3 Å². The van der Waals surface area contributed by atoms with Gasteiger partial charge in [-0.1, -0.05) is 45.9 Å². The van der Waals surface area contributed by atoms with Crippen LogP contribution in [-0.2, 0) is 0 Å². The van der Waals surface area contributed by atoms with Crippen LogP contribution in [0.4, 0.5) is 5.69 Å². The van der Waals surface area contributed by atoms with Crippen LogP contribution in [0, 0.1) is 22.7 Å². The molecule has 0 N–H and O–H groups in total. The van der Waals surface area contributed by atoms with Gasteiger partial charge in [-0.15, -0.1) is 0 Å². The molecule has 1 aromatic carbocycles. The molecule has 0 aromatic heterocycles. The van der Waals surface area contributed by atoms with Crippen LogP contribution in [-0.4, -0.2) is 13.1 Å². The van der Waals surface area contributed by atoms with E-state index in [1.807, 2.05) is 0 Å². The summed E-state index contributed by atoms with van der Waals surface area (Å²) in [6.07, 6.45) is 1.08. The van der Waals surface area contributed by atoms with Crippen molar-refractivity contribution in [3.8, 4) is 6.07 Å². The van der Waals surface area contributed by atoms with E-state index in [-0.39, 0.29) is 11.3 Å². The average Bonchev–Trinajstić information content (AvgIpc) is 2.38. The molecule has 0 saturated carbocycles. The van der Waals surface area contributed by atoms with E-state index in [2.05, 4.69) is 62.9 Å². The molecule has 2 heteroatoms. The van der Waals surface area contributed by atoms with E-state index in [0.717, 1.165) is 19.5 Å². The van der Waals surface area contributed by atoms with E-state index >= 15 is 0 Å². The van der Waals surface area contributed by atoms with Crippen LogP contribution in [0.3, 0.4) is 0 Å². The predicted octanol–water partition coefficient (Wildman–Crippen LogP) is 4.19. The fraction of sp³-hybridized carbons (Fsp3) is 0.588. The van der Waals surface area contributed by atoms with Crippen LogP contribution in [0.25, 0.3) is 0 Å². The molecule has 0 radical (unpaired) electrons. The molecule has 1 aromatic rings. The van der Waals surface area contributed by atoms with Crippen molar-refractivity contribution < 1.29 is 0 Å². The molecule has 1 heterocycles. The molecule has 1 aliphatic heterocycles. The Morgan fingerprint density at radius 2 is 2.00 bits per heavy atom. The van der Waals surface area contributed by atoms with Crippen molar-refractivity contribution in [1.82, 2.24) is 0 Å². The largest absolute Gasteiger partial charge is 0.370 e. The molecule has 1 saturated heterocycles. The third-order valence-corrected chi connectivity index (χ3v) is 4.43. The summed E-state index contributed by atoms with van der Waals surface area (Å²) in [6.45, 7) is 10.8. The quantitative estimate of drug-likeness (QED) is 0.793. The molecular formula is C17H24N2. The Bertz CT molecular complexity index is 482. The summed E-state index contributed by atoms with van der Waals surface area (Å²) in [6, 6.07) is 11.1. The molecular weight excluding hydrogens is 232 g/mol. The third kappa shape index (κ3) is 2.76. The number of para-hydroxylation sites is 1. The number of nitrogens with zero attached hydrogens (tertiary/aromatic N) is 2. The van der Waals surface area contributed by atoms with Crippen LogP contribution >= 0.6 is 0 Å². The predicted molar refractivity (Wildman–Crippen MR) is 80.2 cm³/mol. The highest BCUT2D eigenvalue weighted by atomic mass is 15.1. The van der Waals surface area contributed by atoms with Gasteiger partial charge in [0.25, 0.3) is 0 Å². The zero-order valence-corrected chi connectivity index (χ0v) is 12.5. The Morgan fingerprint density at radius 1 is 1.32 bits per heavy atom. The van der Waals surface area contributed by atoms with Crippen LogP contribution in [0.1, 0.15) is 45.6 Å². The lowest BCUT2D eigenvalue weighted by Crippen LogP contribution is -2.44. The highest BCUT2D eigenvalue weighted by Gasteiger charge is 2.36. The van der Waals surface area contributed by atoms with Crippen molar-refractivity contribution in [2.24, 2.45) is 11.3 Å². The maximum atomic E-state index is 9.39. The Hall–Kier alpha value is -1.49. The second-order valence-electron chi connectivity index (χ2n) is 6.58. The summed E-state index contributed by atoms with van der Waals surface area (Å²) in [4.78, 5) is 2.40. The van der Waals surface area contributed by atoms with Crippen molar-refractivity contribution in [3.05, 3.63) is 29.8 Å². The second-order valence-corrected chi connectivity index (χ2v) is 6.58. The number of anilines is 1. The van der Waals surface area contributed by atoms with Crippen molar-refractivity contribution >= 4 is 5.69 Å². The molecule has 1 aliphatic rings. The zero-order valence-electron chi connectivity index (χ0n) is 12.5. The maximum Gasteiger partial charge on any atom is 0.0690 e. The van der Waals surface area contributed by atoms with Gasteiger partial charge < -0.3 is 4.90 Å². The first kappa shape index (κ1) is 13.9. The number of hydrogen-bond acceptors (Lipinski definition) is 2. The number of hydrogen-bond donors (Lipinski definition) is 0.